The SMILES string of the molecule is COCCCn1c(CC2CCCN(C)C2)nc2cccnc21. The summed E-state index contributed by atoms with van der Waals surface area (Å²) in [6, 6.07) is 4.03. The molecule has 120 valence electrons. The minimum absolute atomic E-state index is 0.705. The maximum atomic E-state index is 5.20. The van der Waals surface area contributed by atoms with Crippen molar-refractivity contribution in [1.82, 2.24) is 19.4 Å². The molecule has 1 saturated heterocycles. The Morgan fingerprint density at radius 1 is 1.41 bits per heavy atom. The molecule has 0 saturated carbocycles. The number of pyridine rings is 1. The summed E-state index contributed by atoms with van der Waals surface area (Å²) in [4.78, 5) is 11.8. The van der Waals surface area contributed by atoms with Gasteiger partial charge in [0.15, 0.2) is 5.65 Å². The third-order valence-corrected chi connectivity index (χ3v) is 4.51. The number of aromatic nitrogens is 3. The van der Waals surface area contributed by atoms with Crippen LogP contribution in [0.2, 0.25) is 0 Å². The molecule has 5 nitrogen and oxygen atoms in total. The number of methoxy groups -OCH3 is 1. The van der Waals surface area contributed by atoms with Gasteiger partial charge in [0.05, 0.1) is 0 Å². The molecular formula is C17H26N4O. The number of likely N-dealkylation sites (tertiary alicyclic amines) is 1. The lowest BCUT2D eigenvalue weighted by atomic mass is 9.95. The Bertz CT molecular complexity index is 610. The van der Waals surface area contributed by atoms with Crippen molar-refractivity contribution in [3.05, 3.63) is 24.2 Å². The average molecular weight is 302 g/mol. The smallest absolute Gasteiger partial charge is 0.159 e. The van der Waals surface area contributed by atoms with Gasteiger partial charge >= 0.3 is 0 Å². The van der Waals surface area contributed by atoms with E-state index in [1.165, 1.54) is 31.8 Å². The first kappa shape index (κ1) is 15.4. The van der Waals surface area contributed by atoms with Gasteiger partial charge in [-0.25, -0.2) is 9.97 Å². The number of imidazole rings is 1. The van der Waals surface area contributed by atoms with Crippen molar-refractivity contribution >= 4 is 11.2 Å². The Kier molecular flexibility index (Phi) is 5.05. The number of nitrogens with zero attached hydrogens (tertiary/aromatic N) is 4. The second kappa shape index (κ2) is 7.20. The van der Waals surface area contributed by atoms with Crippen molar-refractivity contribution in [2.45, 2.75) is 32.2 Å². The van der Waals surface area contributed by atoms with E-state index >= 15 is 0 Å². The van der Waals surface area contributed by atoms with Crippen LogP contribution in [0.3, 0.4) is 0 Å². The molecule has 2 aromatic rings. The molecule has 0 bridgehead atoms. The van der Waals surface area contributed by atoms with Gasteiger partial charge in [-0.15, -0.1) is 0 Å². The number of hydrogen-bond acceptors (Lipinski definition) is 4. The second-order valence-corrected chi connectivity index (χ2v) is 6.35. The van der Waals surface area contributed by atoms with E-state index < -0.39 is 0 Å². The third-order valence-electron chi connectivity index (χ3n) is 4.51. The van der Waals surface area contributed by atoms with Crippen LogP contribution >= 0.6 is 0 Å². The topological polar surface area (TPSA) is 43.2 Å². The predicted molar refractivity (Wildman–Crippen MR) is 87.9 cm³/mol. The number of rotatable bonds is 6. The van der Waals surface area contributed by atoms with Crippen molar-refractivity contribution in [3.63, 3.8) is 0 Å². The van der Waals surface area contributed by atoms with Gasteiger partial charge in [-0.3, -0.25) is 0 Å². The molecular weight excluding hydrogens is 276 g/mol. The van der Waals surface area contributed by atoms with Gasteiger partial charge in [0.2, 0.25) is 0 Å². The van der Waals surface area contributed by atoms with Gasteiger partial charge in [0, 0.05) is 39.4 Å². The molecule has 0 amide bonds. The largest absolute Gasteiger partial charge is 0.385 e. The molecule has 1 unspecified atom stereocenters. The van der Waals surface area contributed by atoms with Crippen molar-refractivity contribution in [2.75, 3.05) is 33.9 Å². The van der Waals surface area contributed by atoms with Crippen LogP contribution in [0.5, 0.6) is 0 Å². The molecule has 1 aliphatic heterocycles. The maximum absolute atomic E-state index is 5.20. The zero-order valence-electron chi connectivity index (χ0n) is 13.7. The summed E-state index contributed by atoms with van der Waals surface area (Å²) >= 11 is 0. The number of fused-ring (bicyclic) bond motifs is 1. The molecule has 0 aromatic carbocycles. The van der Waals surface area contributed by atoms with E-state index in [2.05, 4.69) is 27.6 Å². The first-order valence-electron chi connectivity index (χ1n) is 8.25. The van der Waals surface area contributed by atoms with Crippen molar-refractivity contribution in [1.29, 1.82) is 0 Å². The van der Waals surface area contributed by atoms with Gasteiger partial charge in [0.25, 0.3) is 0 Å². The van der Waals surface area contributed by atoms with Crippen LogP contribution in [0.15, 0.2) is 18.3 Å². The molecule has 3 heterocycles. The fourth-order valence-electron chi connectivity index (χ4n) is 3.46. The summed E-state index contributed by atoms with van der Waals surface area (Å²) in [5.41, 5.74) is 2.02. The minimum atomic E-state index is 0.705. The van der Waals surface area contributed by atoms with Crippen LogP contribution < -0.4 is 0 Å². The fraction of sp³-hybridized carbons (Fsp3) is 0.647. The van der Waals surface area contributed by atoms with E-state index in [1.807, 2.05) is 12.3 Å². The molecule has 3 rings (SSSR count). The van der Waals surface area contributed by atoms with Crippen molar-refractivity contribution in [2.24, 2.45) is 5.92 Å². The molecule has 0 spiro atoms. The summed E-state index contributed by atoms with van der Waals surface area (Å²) in [6.07, 6.45) is 6.50. The molecule has 22 heavy (non-hydrogen) atoms. The summed E-state index contributed by atoms with van der Waals surface area (Å²) in [5, 5.41) is 0. The Balaban J connectivity index is 1.81. The molecule has 0 aliphatic carbocycles. The summed E-state index contributed by atoms with van der Waals surface area (Å²) in [7, 11) is 3.97. The lowest BCUT2D eigenvalue weighted by Gasteiger charge is -2.29. The average Bonchev–Trinajstić information content (AvgIpc) is 2.85. The highest BCUT2D eigenvalue weighted by Gasteiger charge is 2.21. The number of hydrogen-bond donors (Lipinski definition) is 0. The van der Waals surface area contributed by atoms with E-state index in [0.29, 0.717) is 5.92 Å². The number of ether oxygens (including phenoxy) is 1. The van der Waals surface area contributed by atoms with Gasteiger partial charge in [-0.2, -0.15) is 0 Å². The van der Waals surface area contributed by atoms with E-state index in [1.54, 1.807) is 7.11 Å². The molecule has 1 atom stereocenters. The first-order valence-corrected chi connectivity index (χ1v) is 8.25. The van der Waals surface area contributed by atoms with Crippen LogP contribution in [-0.4, -0.2) is 53.3 Å². The Morgan fingerprint density at radius 3 is 3.14 bits per heavy atom. The monoisotopic (exact) mass is 302 g/mol. The quantitative estimate of drug-likeness (QED) is 0.768. The Hall–Kier alpha value is -1.46. The van der Waals surface area contributed by atoms with Crippen LogP contribution in [-0.2, 0) is 17.7 Å². The first-order chi connectivity index (χ1) is 10.8. The van der Waals surface area contributed by atoms with Crippen LogP contribution in [0.25, 0.3) is 11.2 Å². The van der Waals surface area contributed by atoms with Crippen LogP contribution in [0.1, 0.15) is 25.1 Å². The van der Waals surface area contributed by atoms with E-state index in [-0.39, 0.29) is 0 Å². The van der Waals surface area contributed by atoms with E-state index in [0.717, 1.165) is 37.2 Å². The minimum Gasteiger partial charge on any atom is -0.385 e. The number of piperidine rings is 1. The zero-order valence-corrected chi connectivity index (χ0v) is 13.7. The Labute approximate surface area is 132 Å². The van der Waals surface area contributed by atoms with Crippen molar-refractivity contribution < 1.29 is 4.74 Å². The standard InChI is InChI=1S/C17H26N4O/c1-20-9-4-6-14(13-20)12-16-19-15-7-3-8-18-17(15)21(16)10-5-11-22-2/h3,7-8,14H,4-6,9-13H2,1-2H3. The third kappa shape index (κ3) is 3.47. The van der Waals surface area contributed by atoms with E-state index in [9.17, 15) is 0 Å². The Morgan fingerprint density at radius 2 is 2.32 bits per heavy atom. The predicted octanol–water partition coefficient (Wildman–Crippen LogP) is 2.35. The molecule has 1 aliphatic rings. The summed E-state index contributed by atoms with van der Waals surface area (Å²) in [5.74, 6) is 1.89. The molecule has 0 radical (unpaired) electrons. The lowest BCUT2D eigenvalue weighted by molar-refractivity contribution is 0.189. The lowest BCUT2D eigenvalue weighted by Crippen LogP contribution is -2.33. The van der Waals surface area contributed by atoms with E-state index in [4.69, 9.17) is 9.72 Å². The van der Waals surface area contributed by atoms with Gasteiger partial charge in [-0.1, -0.05) is 0 Å². The summed E-state index contributed by atoms with van der Waals surface area (Å²) < 4.78 is 7.49. The fourth-order valence-corrected chi connectivity index (χ4v) is 3.46. The number of aryl methyl sites for hydroxylation is 1. The van der Waals surface area contributed by atoms with Gasteiger partial charge < -0.3 is 14.2 Å². The molecule has 2 aromatic heterocycles. The normalized spacial score (nSPS) is 19.8. The van der Waals surface area contributed by atoms with Crippen LogP contribution in [0.4, 0.5) is 0 Å². The second-order valence-electron chi connectivity index (χ2n) is 6.35. The molecule has 1 fully saturated rings. The highest BCUT2D eigenvalue weighted by molar-refractivity contribution is 5.71. The van der Waals surface area contributed by atoms with Gasteiger partial charge in [0.1, 0.15) is 11.3 Å². The van der Waals surface area contributed by atoms with Gasteiger partial charge in [-0.05, 0) is 50.9 Å². The molecule has 0 N–H and O–H groups in total. The highest BCUT2D eigenvalue weighted by atomic mass is 16.5. The highest BCUT2D eigenvalue weighted by Crippen LogP contribution is 2.22. The zero-order chi connectivity index (χ0) is 15.4. The maximum Gasteiger partial charge on any atom is 0.159 e. The summed E-state index contributed by atoms with van der Waals surface area (Å²) in [6.45, 7) is 4.11. The van der Waals surface area contributed by atoms with Crippen LogP contribution in [0, 0.1) is 5.92 Å². The molecule has 5 heteroatoms. The van der Waals surface area contributed by atoms with Crippen molar-refractivity contribution in [3.8, 4) is 0 Å².